The number of thiophene rings is 1. The Morgan fingerprint density at radius 1 is 1.04 bits per heavy atom. The summed E-state index contributed by atoms with van der Waals surface area (Å²) in [5.41, 5.74) is 2.55. The molecule has 1 aromatic heterocycles. The average molecular weight is 328 g/mol. The number of ether oxygens (including phenoxy) is 3. The Kier molecular flexibility index (Phi) is 3.17. The lowest BCUT2D eigenvalue weighted by Gasteiger charge is -2.39. The topological polar surface area (TPSA) is 27.7 Å². The van der Waals surface area contributed by atoms with E-state index >= 15 is 0 Å². The predicted octanol–water partition coefficient (Wildman–Crippen LogP) is 4.93. The molecule has 3 nitrogen and oxygen atoms in total. The Labute approximate surface area is 140 Å². The van der Waals surface area contributed by atoms with Gasteiger partial charge < -0.3 is 14.2 Å². The standard InChI is InChI=1S/C19H20O3S/c1-11-8-14-18(12-6-7-16-17(9-12)21-10-20-16)22-15-5-3-2-4-13(15)19(14)23-11/h6-9,13,15,18H,2-5,10H2,1H3/t13-,15-,18+/m0/s1. The van der Waals surface area contributed by atoms with Gasteiger partial charge in [0.05, 0.1) is 6.10 Å². The van der Waals surface area contributed by atoms with Gasteiger partial charge in [-0.05, 0) is 49.1 Å². The molecule has 0 saturated heterocycles. The van der Waals surface area contributed by atoms with Gasteiger partial charge in [0.25, 0.3) is 0 Å². The van der Waals surface area contributed by atoms with Gasteiger partial charge in [-0.3, -0.25) is 0 Å². The van der Waals surface area contributed by atoms with E-state index in [1.54, 1.807) is 4.88 Å². The van der Waals surface area contributed by atoms with Crippen molar-refractivity contribution >= 4 is 11.3 Å². The van der Waals surface area contributed by atoms with Crippen LogP contribution in [-0.4, -0.2) is 12.9 Å². The van der Waals surface area contributed by atoms with Crippen molar-refractivity contribution in [2.75, 3.05) is 6.79 Å². The first-order valence-corrected chi connectivity index (χ1v) is 9.26. The Hall–Kier alpha value is -1.52. The largest absolute Gasteiger partial charge is 0.454 e. The molecule has 5 rings (SSSR count). The molecule has 0 N–H and O–H groups in total. The molecule has 3 heterocycles. The second-order valence-electron chi connectivity index (χ2n) is 6.73. The van der Waals surface area contributed by atoms with Crippen LogP contribution in [0.3, 0.4) is 0 Å². The van der Waals surface area contributed by atoms with E-state index in [4.69, 9.17) is 14.2 Å². The molecule has 1 saturated carbocycles. The van der Waals surface area contributed by atoms with Gasteiger partial charge in [0, 0.05) is 15.7 Å². The molecule has 2 aliphatic heterocycles. The molecule has 3 aliphatic rings. The monoisotopic (exact) mass is 328 g/mol. The fourth-order valence-corrected chi connectivity index (χ4v) is 5.43. The molecule has 1 aromatic carbocycles. The zero-order valence-corrected chi connectivity index (χ0v) is 14.0. The maximum Gasteiger partial charge on any atom is 0.231 e. The second-order valence-corrected chi connectivity index (χ2v) is 8.02. The number of fused-ring (bicyclic) bond motifs is 4. The van der Waals surface area contributed by atoms with Crippen LogP contribution in [0.2, 0.25) is 0 Å². The lowest BCUT2D eigenvalue weighted by molar-refractivity contribution is -0.0374. The van der Waals surface area contributed by atoms with Crippen LogP contribution < -0.4 is 9.47 Å². The van der Waals surface area contributed by atoms with Crippen molar-refractivity contribution in [3.63, 3.8) is 0 Å². The van der Waals surface area contributed by atoms with Gasteiger partial charge in [0.1, 0.15) is 6.10 Å². The van der Waals surface area contributed by atoms with Crippen LogP contribution in [0.5, 0.6) is 11.5 Å². The van der Waals surface area contributed by atoms with Gasteiger partial charge in [0.15, 0.2) is 11.5 Å². The van der Waals surface area contributed by atoms with E-state index in [-0.39, 0.29) is 6.10 Å². The summed E-state index contributed by atoms with van der Waals surface area (Å²) >= 11 is 1.96. The summed E-state index contributed by atoms with van der Waals surface area (Å²) in [4.78, 5) is 2.94. The van der Waals surface area contributed by atoms with E-state index in [0.717, 1.165) is 11.5 Å². The van der Waals surface area contributed by atoms with Crippen molar-refractivity contribution < 1.29 is 14.2 Å². The third-order valence-corrected chi connectivity index (χ3v) is 6.44. The SMILES string of the molecule is Cc1cc2c(s1)[C@H]1CCCC[C@@H]1O[C@@H]2c1ccc2c(c1)OCO2. The fourth-order valence-electron chi connectivity index (χ4n) is 4.19. The lowest BCUT2D eigenvalue weighted by atomic mass is 9.80. The minimum atomic E-state index is 0.0313. The van der Waals surface area contributed by atoms with Gasteiger partial charge in [-0.15, -0.1) is 11.3 Å². The Morgan fingerprint density at radius 2 is 1.91 bits per heavy atom. The van der Waals surface area contributed by atoms with Gasteiger partial charge >= 0.3 is 0 Å². The van der Waals surface area contributed by atoms with E-state index in [2.05, 4.69) is 25.1 Å². The van der Waals surface area contributed by atoms with Crippen LogP contribution in [0.15, 0.2) is 24.3 Å². The maximum absolute atomic E-state index is 6.59. The molecule has 0 unspecified atom stereocenters. The highest BCUT2D eigenvalue weighted by Gasteiger charge is 2.39. The van der Waals surface area contributed by atoms with Crippen LogP contribution in [-0.2, 0) is 4.74 Å². The van der Waals surface area contributed by atoms with Crippen molar-refractivity contribution in [2.24, 2.45) is 0 Å². The third-order valence-electron chi connectivity index (χ3n) is 5.25. The average Bonchev–Trinajstić information content (AvgIpc) is 3.19. The van der Waals surface area contributed by atoms with E-state index in [9.17, 15) is 0 Å². The third kappa shape index (κ3) is 2.19. The van der Waals surface area contributed by atoms with Crippen LogP contribution >= 0.6 is 11.3 Å². The van der Waals surface area contributed by atoms with Crippen molar-refractivity contribution in [3.8, 4) is 11.5 Å². The van der Waals surface area contributed by atoms with E-state index < -0.39 is 0 Å². The van der Waals surface area contributed by atoms with Gasteiger partial charge in [0.2, 0.25) is 6.79 Å². The van der Waals surface area contributed by atoms with Gasteiger partial charge in [-0.25, -0.2) is 0 Å². The minimum Gasteiger partial charge on any atom is -0.454 e. The highest BCUT2D eigenvalue weighted by atomic mass is 32.1. The maximum atomic E-state index is 6.59. The molecular formula is C19H20O3S. The predicted molar refractivity (Wildman–Crippen MR) is 89.5 cm³/mol. The van der Waals surface area contributed by atoms with Crippen LogP contribution in [0.25, 0.3) is 0 Å². The van der Waals surface area contributed by atoms with Crippen molar-refractivity contribution in [3.05, 3.63) is 45.1 Å². The Bertz CT molecular complexity index is 751. The molecule has 0 bridgehead atoms. The minimum absolute atomic E-state index is 0.0313. The number of rotatable bonds is 1. The van der Waals surface area contributed by atoms with Crippen molar-refractivity contribution in [2.45, 2.75) is 50.7 Å². The zero-order chi connectivity index (χ0) is 15.4. The molecule has 1 fully saturated rings. The highest BCUT2D eigenvalue weighted by molar-refractivity contribution is 7.12. The number of benzene rings is 1. The molecule has 2 aromatic rings. The summed E-state index contributed by atoms with van der Waals surface area (Å²) in [6.07, 6.45) is 5.46. The van der Waals surface area contributed by atoms with Gasteiger partial charge in [-0.1, -0.05) is 18.9 Å². The summed E-state index contributed by atoms with van der Waals surface area (Å²) < 4.78 is 17.6. The van der Waals surface area contributed by atoms with Gasteiger partial charge in [-0.2, -0.15) is 0 Å². The molecule has 120 valence electrons. The lowest BCUT2D eigenvalue weighted by Crippen LogP contribution is -2.32. The normalized spacial score (nSPS) is 28.3. The fraction of sp³-hybridized carbons (Fsp3) is 0.474. The molecule has 3 atom stereocenters. The summed E-state index contributed by atoms with van der Waals surface area (Å²) in [5.74, 6) is 2.27. The first-order valence-electron chi connectivity index (χ1n) is 8.45. The number of hydrogen-bond donors (Lipinski definition) is 0. The molecule has 0 amide bonds. The summed E-state index contributed by atoms with van der Waals surface area (Å²) in [6, 6.07) is 8.54. The van der Waals surface area contributed by atoms with Crippen LogP contribution in [0.4, 0.5) is 0 Å². The smallest absolute Gasteiger partial charge is 0.231 e. The first-order chi connectivity index (χ1) is 11.3. The molecule has 23 heavy (non-hydrogen) atoms. The first kappa shape index (κ1) is 13.9. The molecule has 0 spiro atoms. The molecule has 0 radical (unpaired) electrons. The van der Waals surface area contributed by atoms with Crippen molar-refractivity contribution in [1.29, 1.82) is 0 Å². The van der Waals surface area contributed by atoms with E-state index in [1.807, 2.05) is 17.4 Å². The van der Waals surface area contributed by atoms with E-state index in [1.165, 1.54) is 41.7 Å². The number of aryl methyl sites for hydroxylation is 1. The molecule has 1 aliphatic carbocycles. The second kappa shape index (κ2) is 5.25. The van der Waals surface area contributed by atoms with Crippen LogP contribution in [0, 0.1) is 6.92 Å². The zero-order valence-electron chi connectivity index (χ0n) is 13.2. The summed E-state index contributed by atoms with van der Waals surface area (Å²) in [5, 5.41) is 0. The summed E-state index contributed by atoms with van der Waals surface area (Å²) in [6.45, 7) is 2.52. The molecule has 4 heteroatoms. The summed E-state index contributed by atoms with van der Waals surface area (Å²) in [7, 11) is 0. The highest BCUT2D eigenvalue weighted by Crippen LogP contribution is 2.50. The number of hydrogen-bond acceptors (Lipinski definition) is 4. The Balaban J connectivity index is 1.59. The van der Waals surface area contributed by atoms with Crippen molar-refractivity contribution in [1.82, 2.24) is 0 Å². The Morgan fingerprint density at radius 3 is 2.87 bits per heavy atom. The quantitative estimate of drug-likeness (QED) is 0.743. The van der Waals surface area contributed by atoms with Crippen LogP contribution in [0.1, 0.15) is 58.6 Å². The van der Waals surface area contributed by atoms with E-state index in [0.29, 0.717) is 18.8 Å². The molecular weight excluding hydrogens is 308 g/mol.